The highest BCUT2D eigenvalue weighted by molar-refractivity contribution is 5.94. The summed E-state index contributed by atoms with van der Waals surface area (Å²) in [6, 6.07) is 18.2. The first-order chi connectivity index (χ1) is 11.7. The monoisotopic (exact) mass is 323 g/mol. The molecule has 3 heteroatoms. The SMILES string of the molecule is COC(c1ccccc1)C1CCN(C(=O)c2cccc(C)c2)CC1. The number of carbonyl (C=O) groups excluding carboxylic acids is 1. The lowest BCUT2D eigenvalue weighted by atomic mass is 9.87. The van der Waals surface area contributed by atoms with Crippen LogP contribution in [0.25, 0.3) is 0 Å². The van der Waals surface area contributed by atoms with Crippen LogP contribution in [0.2, 0.25) is 0 Å². The first-order valence-corrected chi connectivity index (χ1v) is 8.62. The van der Waals surface area contributed by atoms with E-state index in [1.165, 1.54) is 5.56 Å². The van der Waals surface area contributed by atoms with Gasteiger partial charge in [-0.3, -0.25) is 4.79 Å². The summed E-state index contributed by atoms with van der Waals surface area (Å²) in [4.78, 5) is 14.6. The molecule has 1 heterocycles. The van der Waals surface area contributed by atoms with Crippen LogP contribution in [0.4, 0.5) is 0 Å². The lowest BCUT2D eigenvalue weighted by Crippen LogP contribution is -2.40. The average molecular weight is 323 g/mol. The molecule has 1 saturated heterocycles. The summed E-state index contributed by atoms with van der Waals surface area (Å²) in [6.45, 7) is 3.61. The number of ether oxygens (including phenoxy) is 1. The van der Waals surface area contributed by atoms with Crippen molar-refractivity contribution in [2.24, 2.45) is 5.92 Å². The molecule has 1 unspecified atom stereocenters. The zero-order valence-corrected chi connectivity index (χ0v) is 14.4. The highest BCUT2D eigenvalue weighted by atomic mass is 16.5. The summed E-state index contributed by atoms with van der Waals surface area (Å²) in [5.74, 6) is 0.602. The van der Waals surface area contributed by atoms with Gasteiger partial charge in [-0.15, -0.1) is 0 Å². The number of carbonyl (C=O) groups is 1. The minimum atomic E-state index is 0.113. The number of amides is 1. The predicted octanol–water partition coefficient (Wildman–Crippen LogP) is 4.23. The Bertz CT molecular complexity index is 675. The van der Waals surface area contributed by atoms with Gasteiger partial charge in [0.05, 0.1) is 6.10 Å². The molecule has 0 radical (unpaired) electrons. The number of nitrogens with zero attached hydrogens (tertiary/aromatic N) is 1. The van der Waals surface area contributed by atoms with Crippen LogP contribution in [0.1, 0.15) is 40.4 Å². The minimum Gasteiger partial charge on any atom is -0.376 e. The van der Waals surface area contributed by atoms with Gasteiger partial charge in [0, 0.05) is 25.8 Å². The molecule has 2 aromatic carbocycles. The molecule has 0 aromatic heterocycles. The molecule has 0 aliphatic carbocycles. The van der Waals surface area contributed by atoms with Crippen molar-refractivity contribution < 1.29 is 9.53 Å². The fourth-order valence-corrected chi connectivity index (χ4v) is 3.61. The second-order valence-electron chi connectivity index (χ2n) is 6.57. The van der Waals surface area contributed by atoms with Crippen LogP contribution < -0.4 is 0 Å². The van der Waals surface area contributed by atoms with Gasteiger partial charge >= 0.3 is 0 Å². The third-order valence-electron chi connectivity index (χ3n) is 4.90. The van der Waals surface area contributed by atoms with Gasteiger partial charge in [0.15, 0.2) is 0 Å². The Kier molecular flexibility index (Phi) is 5.31. The van der Waals surface area contributed by atoms with Gasteiger partial charge in [-0.2, -0.15) is 0 Å². The van der Waals surface area contributed by atoms with Crippen LogP contribution in [0.3, 0.4) is 0 Å². The Morgan fingerprint density at radius 3 is 2.42 bits per heavy atom. The van der Waals surface area contributed by atoms with Crippen molar-refractivity contribution in [1.82, 2.24) is 4.90 Å². The molecule has 1 fully saturated rings. The molecule has 0 bridgehead atoms. The van der Waals surface area contributed by atoms with E-state index < -0.39 is 0 Å². The van der Waals surface area contributed by atoms with Crippen LogP contribution >= 0.6 is 0 Å². The van der Waals surface area contributed by atoms with E-state index in [0.29, 0.717) is 5.92 Å². The number of aryl methyl sites for hydroxylation is 1. The highest BCUT2D eigenvalue weighted by Crippen LogP contribution is 2.33. The summed E-state index contributed by atoms with van der Waals surface area (Å²) >= 11 is 0. The Morgan fingerprint density at radius 2 is 1.79 bits per heavy atom. The molecular weight excluding hydrogens is 298 g/mol. The highest BCUT2D eigenvalue weighted by Gasteiger charge is 2.29. The summed E-state index contributed by atoms with van der Waals surface area (Å²) in [5, 5.41) is 0. The van der Waals surface area contributed by atoms with Crippen LogP contribution in [0, 0.1) is 12.8 Å². The number of rotatable bonds is 4. The summed E-state index contributed by atoms with van der Waals surface area (Å²) in [5.41, 5.74) is 3.14. The molecule has 1 amide bonds. The summed E-state index contributed by atoms with van der Waals surface area (Å²) < 4.78 is 5.77. The topological polar surface area (TPSA) is 29.5 Å². The Balaban J connectivity index is 1.64. The van der Waals surface area contributed by atoms with E-state index in [2.05, 4.69) is 24.3 Å². The molecule has 1 aliphatic heterocycles. The maximum absolute atomic E-state index is 12.7. The van der Waals surface area contributed by atoms with Crippen LogP contribution in [-0.4, -0.2) is 31.0 Å². The van der Waals surface area contributed by atoms with Gasteiger partial charge in [0.25, 0.3) is 5.91 Å². The second-order valence-corrected chi connectivity index (χ2v) is 6.57. The maximum atomic E-state index is 12.7. The van der Waals surface area contributed by atoms with Crippen molar-refractivity contribution >= 4 is 5.91 Å². The molecule has 0 spiro atoms. The van der Waals surface area contributed by atoms with E-state index in [4.69, 9.17) is 4.74 Å². The van der Waals surface area contributed by atoms with Crippen LogP contribution in [0.5, 0.6) is 0 Å². The smallest absolute Gasteiger partial charge is 0.253 e. The van der Waals surface area contributed by atoms with Gasteiger partial charge < -0.3 is 9.64 Å². The van der Waals surface area contributed by atoms with E-state index in [-0.39, 0.29) is 12.0 Å². The molecule has 3 nitrogen and oxygen atoms in total. The average Bonchev–Trinajstić information content (AvgIpc) is 2.63. The van der Waals surface area contributed by atoms with Crippen molar-refractivity contribution in [3.63, 3.8) is 0 Å². The van der Waals surface area contributed by atoms with Gasteiger partial charge in [-0.05, 0) is 43.4 Å². The van der Waals surface area contributed by atoms with Crippen molar-refractivity contribution in [2.75, 3.05) is 20.2 Å². The van der Waals surface area contributed by atoms with Gasteiger partial charge in [-0.1, -0.05) is 48.0 Å². The zero-order chi connectivity index (χ0) is 16.9. The Labute approximate surface area is 144 Å². The number of benzene rings is 2. The van der Waals surface area contributed by atoms with E-state index in [1.54, 1.807) is 7.11 Å². The molecule has 24 heavy (non-hydrogen) atoms. The van der Waals surface area contributed by atoms with Gasteiger partial charge in [0.2, 0.25) is 0 Å². The fourth-order valence-electron chi connectivity index (χ4n) is 3.61. The third kappa shape index (κ3) is 3.68. The van der Waals surface area contributed by atoms with Crippen molar-refractivity contribution in [3.05, 3.63) is 71.3 Å². The van der Waals surface area contributed by atoms with Crippen LogP contribution in [-0.2, 0) is 4.74 Å². The minimum absolute atomic E-state index is 0.113. The van der Waals surface area contributed by atoms with E-state index in [9.17, 15) is 4.79 Å². The standard InChI is InChI=1S/C21H25NO2/c1-16-7-6-10-19(15-16)21(23)22-13-11-18(12-14-22)20(24-2)17-8-4-3-5-9-17/h3-10,15,18,20H,11-14H2,1-2H3. The number of methoxy groups -OCH3 is 1. The molecule has 2 aromatic rings. The number of likely N-dealkylation sites (tertiary alicyclic amines) is 1. The molecule has 1 aliphatic rings. The lowest BCUT2D eigenvalue weighted by molar-refractivity contribution is 0.0195. The predicted molar refractivity (Wildman–Crippen MR) is 96.0 cm³/mol. The van der Waals surface area contributed by atoms with E-state index in [1.807, 2.05) is 42.2 Å². The first-order valence-electron chi connectivity index (χ1n) is 8.62. The zero-order valence-electron chi connectivity index (χ0n) is 14.4. The summed E-state index contributed by atoms with van der Waals surface area (Å²) in [6.07, 6.45) is 2.07. The second kappa shape index (κ2) is 7.63. The van der Waals surface area contributed by atoms with E-state index in [0.717, 1.165) is 37.1 Å². The quantitative estimate of drug-likeness (QED) is 0.842. The molecule has 3 rings (SSSR count). The Hall–Kier alpha value is -2.13. The first kappa shape index (κ1) is 16.7. The number of hydrogen-bond acceptors (Lipinski definition) is 2. The molecule has 1 atom stereocenters. The third-order valence-corrected chi connectivity index (χ3v) is 4.90. The fraction of sp³-hybridized carbons (Fsp3) is 0.381. The molecular formula is C21H25NO2. The maximum Gasteiger partial charge on any atom is 0.253 e. The molecule has 0 N–H and O–H groups in total. The summed E-state index contributed by atoms with van der Waals surface area (Å²) in [7, 11) is 1.78. The van der Waals surface area contributed by atoms with Gasteiger partial charge in [0.1, 0.15) is 0 Å². The number of hydrogen-bond donors (Lipinski definition) is 0. The molecule has 126 valence electrons. The van der Waals surface area contributed by atoms with E-state index >= 15 is 0 Å². The van der Waals surface area contributed by atoms with Crippen molar-refractivity contribution in [2.45, 2.75) is 25.9 Å². The largest absolute Gasteiger partial charge is 0.376 e. The van der Waals surface area contributed by atoms with Gasteiger partial charge in [-0.25, -0.2) is 0 Å². The van der Waals surface area contributed by atoms with Crippen molar-refractivity contribution in [1.29, 1.82) is 0 Å². The molecule has 0 saturated carbocycles. The normalized spacial score (nSPS) is 16.8. The lowest BCUT2D eigenvalue weighted by Gasteiger charge is -2.35. The number of piperidine rings is 1. The van der Waals surface area contributed by atoms with Crippen molar-refractivity contribution in [3.8, 4) is 0 Å². The Morgan fingerprint density at radius 1 is 1.08 bits per heavy atom. The van der Waals surface area contributed by atoms with Crippen LogP contribution in [0.15, 0.2) is 54.6 Å².